The number of rotatable bonds is 7. The molecule has 1 aromatic carbocycles. The van der Waals surface area contributed by atoms with Crippen molar-refractivity contribution < 1.29 is 9.90 Å². The van der Waals surface area contributed by atoms with Crippen LogP contribution in [0.1, 0.15) is 31.2 Å². The van der Waals surface area contributed by atoms with Crippen LogP contribution in [0.2, 0.25) is 0 Å². The van der Waals surface area contributed by atoms with E-state index in [0.29, 0.717) is 0 Å². The van der Waals surface area contributed by atoms with Gasteiger partial charge in [0.15, 0.2) is 0 Å². The molecule has 0 aliphatic carbocycles. The molecule has 0 spiro atoms. The predicted octanol–water partition coefficient (Wildman–Crippen LogP) is 3.64. The molecule has 0 aliphatic heterocycles. The van der Waals surface area contributed by atoms with Crippen LogP contribution in [-0.4, -0.2) is 15.9 Å². The zero-order valence-corrected chi connectivity index (χ0v) is 10.8. The first-order valence-electron chi connectivity index (χ1n) is 5.58. The van der Waals surface area contributed by atoms with Crippen LogP contribution in [0.3, 0.4) is 0 Å². The summed E-state index contributed by atoms with van der Waals surface area (Å²) in [5, 5.41) is 8.59. The van der Waals surface area contributed by atoms with Gasteiger partial charge in [-0.3, -0.25) is 4.79 Å². The van der Waals surface area contributed by atoms with E-state index in [-0.39, 0.29) is 11.2 Å². The molecular weight excluding hydrogens is 268 g/mol. The monoisotopic (exact) mass is 284 g/mol. The number of halogens is 1. The van der Waals surface area contributed by atoms with Crippen LogP contribution in [0.15, 0.2) is 30.3 Å². The molecule has 0 bridgehead atoms. The Morgan fingerprint density at radius 3 is 2.56 bits per heavy atom. The molecular formula is C13H17BrO2. The molecule has 0 heterocycles. The largest absolute Gasteiger partial charge is 0.481 e. The minimum absolute atomic E-state index is 0.112. The second-order valence-corrected chi connectivity index (χ2v) is 5.22. The van der Waals surface area contributed by atoms with Crippen molar-refractivity contribution in [1.82, 2.24) is 0 Å². The molecule has 0 amide bonds. The van der Waals surface area contributed by atoms with Crippen molar-refractivity contribution in [2.45, 2.75) is 36.9 Å². The number of aliphatic carboxylic acids is 1. The highest BCUT2D eigenvalue weighted by molar-refractivity contribution is 9.09. The summed E-state index contributed by atoms with van der Waals surface area (Å²) in [4.78, 5) is 10.5. The summed E-state index contributed by atoms with van der Waals surface area (Å²) in [6.45, 7) is 0. The van der Waals surface area contributed by atoms with Crippen molar-refractivity contribution in [3.63, 3.8) is 0 Å². The van der Waals surface area contributed by atoms with Crippen LogP contribution in [0.4, 0.5) is 0 Å². The Morgan fingerprint density at radius 2 is 1.94 bits per heavy atom. The molecule has 0 fully saturated rings. The lowest BCUT2D eigenvalue weighted by atomic mass is 10.1. The molecule has 1 aromatic rings. The van der Waals surface area contributed by atoms with Gasteiger partial charge in [-0.2, -0.15) is 0 Å². The van der Waals surface area contributed by atoms with Gasteiger partial charge in [0.05, 0.1) is 6.42 Å². The average Bonchev–Trinajstić information content (AvgIpc) is 2.25. The number of carboxylic acid groups (broad SMARTS) is 1. The van der Waals surface area contributed by atoms with Crippen molar-refractivity contribution >= 4 is 21.9 Å². The van der Waals surface area contributed by atoms with Crippen LogP contribution in [0.25, 0.3) is 0 Å². The normalized spacial score (nSPS) is 12.3. The maximum atomic E-state index is 10.4. The first kappa shape index (κ1) is 13.2. The molecule has 0 aliphatic rings. The lowest BCUT2D eigenvalue weighted by Gasteiger charge is -2.06. The Labute approximate surface area is 105 Å². The fourth-order valence-corrected chi connectivity index (χ4v) is 2.23. The Kier molecular flexibility index (Phi) is 6.16. The molecule has 16 heavy (non-hydrogen) atoms. The summed E-state index contributed by atoms with van der Waals surface area (Å²) in [7, 11) is 0. The Bertz CT molecular complexity index is 311. The number of hydrogen-bond acceptors (Lipinski definition) is 1. The van der Waals surface area contributed by atoms with Crippen molar-refractivity contribution in [2.24, 2.45) is 0 Å². The number of hydrogen-bond donors (Lipinski definition) is 1. The first-order valence-corrected chi connectivity index (χ1v) is 6.50. The van der Waals surface area contributed by atoms with Gasteiger partial charge in [0.25, 0.3) is 0 Å². The standard InChI is InChI=1S/C13H17BrO2/c14-12(10-13(15)16)9-5-4-8-11-6-2-1-3-7-11/h1-3,6-7,12H,4-5,8-10H2,(H,15,16). The number of benzene rings is 1. The Morgan fingerprint density at radius 1 is 1.25 bits per heavy atom. The molecule has 1 unspecified atom stereocenters. The molecule has 88 valence electrons. The Hall–Kier alpha value is -0.830. The molecule has 2 nitrogen and oxygen atoms in total. The van der Waals surface area contributed by atoms with E-state index in [1.807, 2.05) is 18.2 Å². The van der Waals surface area contributed by atoms with Gasteiger partial charge in [0.2, 0.25) is 0 Å². The van der Waals surface area contributed by atoms with E-state index in [4.69, 9.17) is 5.11 Å². The molecule has 3 heteroatoms. The third kappa shape index (κ3) is 5.91. The van der Waals surface area contributed by atoms with Gasteiger partial charge in [0, 0.05) is 4.83 Å². The summed E-state index contributed by atoms with van der Waals surface area (Å²) in [6, 6.07) is 10.4. The smallest absolute Gasteiger partial charge is 0.304 e. The lowest BCUT2D eigenvalue weighted by molar-refractivity contribution is -0.136. The topological polar surface area (TPSA) is 37.3 Å². The van der Waals surface area contributed by atoms with E-state index in [9.17, 15) is 4.79 Å². The van der Waals surface area contributed by atoms with Crippen LogP contribution < -0.4 is 0 Å². The molecule has 0 saturated heterocycles. The summed E-state index contributed by atoms with van der Waals surface area (Å²) >= 11 is 3.38. The number of unbranched alkanes of at least 4 members (excludes halogenated alkanes) is 1. The SMILES string of the molecule is O=C(O)CC(Br)CCCCc1ccccc1. The predicted molar refractivity (Wildman–Crippen MR) is 69.0 cm³/mol. The quantitative estimate of drug-likeness (QED) is 0.613. The van der Waals surface area contributed by atoms with E-state index in [0.717, 1.165) is 25.7 Å². The summed E-state index contributed by atoms with van der Waals surface area (Å²) in [5.41, 5.74) is 1.35. The van der Waals surface area contributed by atoms with Crippen LogP contribution in [0.5, 0.6) is 0 Å². The van der Waals surface area contributed by atoms with Gasteiger partial charge in [-0.15, -0.1) is 0 Å². The maximum absolute atomic E-state index is 10.4. The molecule has 1 rings (SSSR count). The zero-order valence-electron chi connectivity index (χ0n) is 9.23. The zero-order chi connectivity index (χ0) is 11.8. The third-order valence-electron chi connectivity index (χ3n) is 2.47. The molecule has 0 radical (unpaired) electrons. The number of alkyl halides is 1. The molecule has 1 N–H and O–H groups in total. The van der Waals surface area contributed by atoms with E-state index < -0.39 is 5.97 Å². The van der Waals surface area contributed by atoms with Crippen molar-refractivity contribution in [1.29, 1.82) is 0 Å². The van der Waals surface area contributed by atoms with Crippen LogP contribution >= 0.6 is 15.9 Å². The summed E-state index contributed by atoms with van der Waals surface area (Å²) < 4.78 is 0. The van der Waals surface area contributed by atoms with Gasteiger partial charge < -0.3 is 5.11 Å². The highest BCUT2D eigenvalue weighted by Crippen LogP contribution is 2.15. The number of carboxylic acids is 1. The second-order valence-electron chi connectivity index (χ2n) is 3.93. The number of aryl methyl sites for hydroxylation is 1. The Balaban J connectivity index is 2.10. The fraction of sp³-hybridized carbons (Fsp3) is 0.462. The average molecular weight is 285 g/mol. The lowest BCUT2D eigenvalue weighted by Crippen LogP contribution is -2.06. The molecule has 0 saturated carbocycles. The van der Waals surface area contributed by atoms with E-state index >= 15 is 0 Å². The minimum atomic E-state index is -0.732. The highest BCUT2D eigenvalue weighted by Gasteiger charge is 2.08. The summed E-state index contributed by atoms with van der Waals surface area (Å²) in [6.07, 6.45) is 4.40. The van der Waals surface area contributed by atoms with E-state index in [2.05, 4.69) is 28.1 Å². The van der Waals surface area contributed by atoms with E-state index in [1.165, 1.54) is 5.56 Å². The van der Waals surface area contributed by atoms with Crippen molar-refractivity contribution in [3.05, 3.63) is 35.9 Å². The number of carbonyl (C=O) groups is 1. The van der Waals surface area contributed by atoms with Crippen molar-refractivity contribution in [2.75, 3.05) is 0 Å². The maximum Gasteiger partial charge on any atom is 0.304 e. The van der Waals surface area contributed by atoms with E-state index in [1.54, 1.807) is 0 Å². The fourth-order valence-electron chi connectivity index (χ4n) is 1.63. The van der Waals surface area contributed by atoms with Gasteiger partial charge in [-0.05, 0) is 24.8 Å². The van der Waals surface area contributed by atoms with Gasteiger partial charge in [0.1, 0.15) is 0 Å². The molecule has 1 atom stereocenters. The van der Waals surface area contributed by atoms with Gasteiger partial charge in [-0.1, -0.05) is 52.7 Å². The first-order chi connectivity index (χ1) is 7.68. The van der Waals surface area contributed by atoms with Crippen molar-refractivity contribution in [3.8, 4) is 0 Å². The summed E-state index contributed by atoms with van der Waals surface area (Å²) in [5.74, 6) is -0.732. The highest BCUT2D eigenvalue weighted by atomic mass is 79.9. The third-order valence-corrected chi connectivity index (χ3v) is 3.25. The molecule has 0 aromatic heterocycles. The van der Waals surface area contributed by atoms with Gasteiger partial charge in [-0.25, -0.2) is 0 Å². The van der Waals surface area contributed by atoms with Gasteiger partial charge >= 0.3 is 5.97 Å². The van der Waals surface area contributed by atoms with Crippen LogP contribution in [0, 0.1) is 0 Å². The minimum Gasteiger partial charge on any atom is -0.481 e. The second kappa shape index (κ2) is 7.44. The van der Waals surface area contributed by atoms with Crippen LogP contribution in [-0.2, 0) is 11.2 Å².